The van der Waals surface area contributed by atoms with E-state index >= 15 is 0 Å². The Balaban J connectivity index is 1.79. The van der Waals surface area contributed by atoms with Crippen molar-refractivity contribution in [3.63, 3.8) is 0 Å². The molecule has 0 aliphatic heterocycles. The summed E-state index contributed by atoms with van der Waals surface area (Å²) in [5.74, 6) is 0.297. The number of hydrogen-bond acceptors (Lipinski definition) is 3. The third-order valence-electron chi connectivity index (χ3n) is 6.11. The van der Waals surface area contributed by atoms with Crippen molar-refractivity contribution >= 4 is 43.2 Å². The minimum atomic E-state index is -0.823. The molecule has 1 unspecified atom stereocenters. The zero-order valence-electron chi connectivity index (χ0n) is 16.5. The van der Waals surface area contributed by atoms with Crippen LogP contribution in [0.3, 0.4) is 0 Å². The number of aliphatic hydroxyl groups is 1. The van der Waals surface area contributed by atoms with Crippen molar-refractivity contribution in [2.45, 2.75) is 50.5 Å². The topological polar surface area (TPSA) is 49.5 Å². The second-order valence-electron chi connectivity index (χ2n) is 7.97. The van der Waals surface area contributed by atoms with Gasteiger partial charge >= 0.3 is 0 Å². The molecule has 1 saturated carbocycles. The third kappa shape index (κ3) is 4.92. The van der Waals surface area contributed by atoms with Gasteiger partial charge in [0.05, 0.1) is 11.3 Å². The molecule has 28 heavy (non-hydrogen) atoms. The Hall–Kier alpha value is -1.04. The lowest BCUT2D eigenvalue weighted by molar-refractivity contribution is -0.0472. The third-order valence-corrected chi connectivity index (χ3v) is 7.42. The molecule has 0 heterocycles. The lowest BCUT2D eigenvalue weighted by atomic mass is 9.71. The van der Waals surface area contributed by atoms with Crippen molar-refractivity contribution in [3.8, 4) is 0 Å². The molecule has 0 saturated heterocycles. The molecule has 1 aliphatic carbocycles. The van der Waals surface area contributed by atoms with E-state index in [0.717, 1.165) is 46.7 Å². The molecule has 0 spiro atoms. The van der Waals surface area contributed by atoms with Gasteiger partial charge in [0, 0.05) is 28.2 Å². The summed E-state index contributed by atoms with van der Waals surface area (Å²) in [6.07, 6.45) is 7.53. The van der Waals surface area contributed by atoms with Crippen molar-refractivity contribution in [1.29, 1.82) is 0 Å². The van der Waals surface area contributed by atoms with Gasteiger partial charge in [-0.1, -0.05) is 37.5 Å². The fourth-order valence-corrected chi connectivity index (χ4v) is 5.58. The van der Waals surface area contributed by atoms with E-state index in [1.54, 1.807) is 0 Å². The minimum Gasteiger partial charge on any atom is -0.397 e. The van der Waals surface area contributed by atoms with E-state index in [1.807, 2.05) is 18.2 Å². The molecule has 1 fully saturated rings. The molecule has 3 rings (SSSR count). The van der Waals surface area contributed by atoms with Gasteiger partial charge in [-0.05, 0) is 93.3 Å². The summed E-state index contributed by atoms with van der Waals surface area (Å²) in [5, 5.41) is 11.9. The van der Waals surface area contributed by atoms with Crippen LogP contribution in [0.2, 0.25) is 0 Å². The predicted octanol–water partition coefficient (Wildman–Crippen LogP) is 6.48. The van der Waals surface area contributed by atoms with Gasteiger partial charge in [0.15, 0.2) is 0 Å². The number of rotatable bonds is 7. The zero-order valence-corrected chi connectivity index (χ0v) is 19.7. The summed E-state index contributed by atoms with van der Waals surface area (Å²) in [5.41, 5.74) is 8.13. The number of nitrogens with two attached hydrogens (primary N) is 1. The molecule has 0 radical (unpaired) electrons. The number of halogens is 2. The summed E-state index contributed by atoms with van der Waals surface area (Å²) in [4.78, 5) is 2.26. The van der Waals surface area contributed by atoms with Gasteiger partial charge in [-0.3, -0.25) is 0 Å². The highest BCUT2D eigenvalue weighted by molar-refractivity contribution is 9.11. The molecule has 2 aromatic rings. The average Bonchev–Trinajstić information content (AvgIpc) is 2.72. The second-order valence-corrected chi connectivity index (χ2v) is 9.68. The van der Waals surface area contributed by atoms with Crippen LogP contribution in [0.4, 0.5) is 11.4 Å². The molecule has 1 aliphatic rings. The first kappa shape index (κ1) is 21.7. The molecule has 1 atom stereocenters. The first-order chi connectivity index (χ1) is 13.4. The van der Waals surface area contributed by atoms with Crippen molar-refractivity contribution in [3.05, 3.63) is 57.0 Å². The lowest BCUT2D eigenvalue weighted by Gasteiger charge is -2.40. The van der Waals surface area contributed by atoms with Gasteiger partial charge in [0.25, 0.3) is 0 Å². The molecule has 3 nitrogen and oxygen atoms in total. The molecule has 0 amide bonds. The Bertz CT molecular complexity index is 754. The summed E-state index contributed by atoms with van der Waals surface area (Å²) < 4.78 is 1.68. The number of nitrogens with zero attached hydrogens (tertiary/aromatic N) is 1. The SMILES string of the molecule is CN(CCCC(O)(c1cc(Br)c(N)c(Br)c1)C1CCCCC1)c1ccccc1. The number of benzene rings is 2. The van der Waals surface area contributed by atoms with Crippen LogP contribution in [0.5, 0.6) is 0 Å². The molecular formula is C23H30Br2N2O. The maximum Gasteiger partial charge on any atom is 0.0926 e. The maximum atomic E-state index is 11.9. The van der Waals surface area contributed by atoms with E-state index in [-0.39, 0.29) is 0 Å². The Kier molecular flexibility index (Phi) is 7.46. The standard InChI is InChI=1S/C23H30Br2N2O/c1-27(19-11-6-3-7-12-19)14-8-13-23(28,17-9-4-2-5-10-17)18-15-20(24)22(26)21(25)16-18/h3,6-7,11-12,15-17,28H,2,4-5,8-10,13-14,26H2,1H3. The fraction of sp³-hybridized carbons (Fsp3) is 0.478. The Morgan fingerprint density at radius 3 is 2.29 bits per heavy atom. The molecule has 0 aromatic heterocycles. The summed E-state index contributed by atoms with van der Waals surface area (Å²) >= 11 is 7.12. The number of para-hydroxylation sites is 1. The van der Waals surface area contributed by atoms with E-state index in [4.69, 9.17) is 5.73 Å². The minimum absolute atomic E-state index is 0.297. The van der Waals surface area contributed by atoms with Gasteiger partial charge in [0.2, 0.25) is 0 Å². The number of nitrogen functional groups attached to an aromatic ring is 1. The average molecular weight is 510 g/mol. The monoisotopic (exact) mass is 508 g/mol. The van der Waals surface area contributed by atoms with Crippen molar-refractivity contribution < 1.29 is 5.11 Å². The molecule has 5 heteroatoms. The van der Waals surface area contributed by atoms with E-state index in [0.29, 0.717) is 11.6 Å². The first-order valence-corrected chi connectivity index (χ1v) is 11.7. The van der Waals surface area contributed by atoms with Crippen molar-refractivity contribution in [1.82, 2.24) is 0 Å². The van der Waals surface area contributed by atoms with Crippen LogP contribution in [0.15, 0.2) is 51.4 Å². The highest BCUT2D eigenvalue weighted by Gasteiger charge is 2.39. The van der Waals surface area contributed by atoms with Crippen LogP contribution in [-0.4, -0.2) is 18.7 Å². The predicted molar refractivity (Wildman–Crippen MR) is 126 cm³/mol. The van der Waals surface area contributed by atoms with Gasteiger partial charge in [0.1, 0.15) is 0 Å². The van der Waals surface area contributed by atoms with Crippen LogP contribution in [0.1, 0.15) is 50.5 Å². The number of hydrogen-bond donors (Lipinski definition) is 2. The van der Waals surface area contributed by atoms with Crippen LogP contribution < -0.4 is 10.6 Å². The van der Waals surface area contributed by atoms with Crippen molar-refractivity contribution in [2.24, 2.45) is 5.92 Å². The highest BCUT2D eigenvalue weighted by Crippen LogP contribution is 2.45. The van der Waals surface area contributed by atoms with Crippen LogP contribution in [0.25, 0.3) is 0 Å². The molecule has 2 aromatic carbocycles. The molecule has 152 valence electrons. The first-order valence-electron chi connectivity index (χ1n) is 10.2. The highest BCUT2D eigenvalue weighted by atomic mass is 79.9. The van der Waals surface area contributed by atoms with Gasteiger partial charge in [-0.15, -0.1) is 0 Å². The fourth-order valence-electron chi connectivity index (χ4n) is 4.40. The normalized spacial score (nSPS) is 17.3. The lowest BCUT2D eigenvalue weighted by Crippen LogP contribution is -2.37. The Labute approximate surface area is 185 Å². The molecule has 3 N–H and O–H groups in total. The Morgan fingerprint density at radius 1 is 1.07 bits per heavy atom. The van der Waals surface area contributed by atoms with E-state index in [1.165, 1.54) is 24.9 Å². The van der Waals surface area contributed by atoms with Crippen molar-refractivity contribution in [2.75, 3.05) is 24.2 Å². The van der Waals surface area contributed by atoms with Gasteiger partial charge in [-0.25, -0.2) is 0 Å². The summed E-state index contributed by atoms with van der Waals surface area (Å²) in [6, 6.07) is 14.4. The van der Waals surface area contributed by atoms with E-state index in [9.17, 15) is 5.11 Å². The Morgan fingerprint density at radius 2 is 1.68 bits per heavy atom. The van der Waals surface area contributed by atoms with Crippen LogP contribution >= 0.6 is 31.9 Å². The molecular weight excluding hydrogens is 480 g/mol. The van der Waals surface area contributed by atoms with Crippen LogP contribution in [0, 0.1) is 5.92 Å². The zero-order chi connectivity index (χ0) is 20.1. The van der Waals surface area contributed by atoms with E-state index in [2.05, 4.69) is 68.1 Å². The van der Waals surface area contributed by atoms with Crippen LogP contribution in [-0.2, 0) is 5.60 Å². The largest absolute Gasteiger partial charge is 0.397 e. The van der Waals surface area contributed by atoms with Gasteiger partial charge < -0.3 is 15.7 Å². The summed E-state index contributed by atoms with van der Waals surface area (Å²) in [6.45, 7) is 0.913. The molecule has 0 bridgehead atoms. The smallest absolute Gasteiger partial charge is 0.0926 e. The quantitative estimate of drug-likeness (QED) is 0.420. The maximum absolute atomic E-state index is 11.9. The second kappa shape index (κ2) is 9.64. The number of anilines is 2. The summed E-state index contributed by atoms with van der Waals surface area (Å²) in [7, 11) is 2.12. The van der Waals surface area contributed by atoms with Gasteiger partial charge in [-0.2, -0.15) is 0 Å². The van der Waals surface area contributed by atoms with E-state index < -0.39 is 5.60 Å².